The van der Waals surface area contributed by atoms with Crippen LogP contribution in [-0.2, 0) is 6.42 Å². The number of benzene rings is 4. The molecule has 0 aromatic heterocycles. The third-order valence-corrected chi connectivity index (χ3v) is 5.33. The average molecular weight is 406 g/mol. The van der Waals surface area contributed by atoms with Crippen LogP contribution in [0.15, 0.2) is 109 Å². The zero-order chi connectivity index (χ0) is 21.6. The molecule has 0 fully saturated rings. The van der Waals surface area contributed by atoms with Crippen LogP contribution in [0.1, 0.15) is 49.1 Å². The van der Waals surface area contributed by atoms with E-state index in [0.717, 1.165) is 28.7 Å². The Morgan fingerprint density at radius 3 is 1.65 bits per heavy atom. The summed E-state index contributed by atoms with van der Waals surface area (Å²) in [5, 5.41) is 9.89. The lowest BCUT2D eigenvalue weighted by Gasteiger charge is -2.17. The Morgan fingerprint density at radius 2 is 1.10 bits per heavy atom. The summed E-state index contributed by atoms with van der Waals surface area (Å²) in [5.74, 6) is -0.112. The fourth-order valence-electron chi connectivity index (χ4n) is 3.69. The van der Waals surface area contributed by atoms with Crippen LogP contribution in [0.5, 0.6) is 0 Å². The number of hydrogen-bond donors (Lipinski definition) is 1. The van der Waals surface area contributed by atoms with Crippen molar-refractivity contribution in [3.05, 3.63) is 143 Å². The number of Topliss-reactive ketones (excluding diaryl/α,β-unsaturated/α-hetero) is 1. The van der Waals surface area contributed by atoms with Crippen LogP contribution in [0.2, 0.25) is 0 Å². The smallest absolute Gasteiger partial charge is 0.195 e. The molecular weight excluding hydrogens is 384 g/mol. The molecule has 0 radical (unpaired) electrons. The van der Waals surface area contributed by atoms with E-state index in [4.69, 9.17) is 0 Å². The number of rotatable bonds is 3. The van der Waals surface area contributed by atoms with E-state index in [9.17, 15) is 14.7 Å². The number of carbonyl (C=O) groups is 2. The Balaban J connectivity index is 0.000000149. The summed E-state index contributed by atoms with van der Waals surface area (Å²) in [6.45, 7) is 0. The maximum atomic E-state index is 12.1. The molecule has 3 nitrogen and oxygen atoms in total. The lowest BCUT2D eigenvalue weighted by Crippen LogP contribution is -2.14. The maximum Gasteiger partial charge on any atom is 0.195 e. The fraction of sp³-hybridized carbons (Fsp3) is 0.0714. The van der Waals surface area contributed by atoms with Crippen molar-refractivity contribution in [2.45, 2.75) is 12.5 Å². The number of ketones is 2. The summed E-state index contributed by atoms with van der Waals surface area (Å²) in [7, 11) is 0. The lowest BCUT2D eigenvalue weighted by molar-refractivity contribution is 0.0747. The number of carbonyl (C=O) groups excluding carboxylic acids is 2. The Bertz CT molecular complexity index is 1150. The maximum absolute atomic E-state index is 12.1. The van der Waals surface area contributed by atoms with Gasteiger partial charge in [0.05, 0.1) is 0 Å². The van der Waals surface area contributed by atoms with E-state index >= 15 is 0 Å². The summed E-state index contributed by atoms with van der Waals surface area (Å²) in [5.41, 5.74) is 5.14. The Morgan fingerprint density at radius 1 is 0.645 bits per heavy atom. The molecule has 5 rings (SSSR count). The second kappa shape index (κ2) is 9.33. The molecule has 1 N–H and O–H groups in total. The first-order valence-corrected chi connectivity index (χ1v) is 10.2. The van der Waals surface area contributed by atoms with Gasteiger partial charge in [0.1, 0.15) is 6.10 Å². The highest BCUT2D eigenvalue weighted by atomic mass is 16.3. The summed E-state index contributed by atoms with van der Waals surface area (Å²) in [4.78, 5) is 24.0. The Labute approximate surface area is 181 Å². The molecule has 4 aromatic rings. The summed E-state index contributed by atoms with van der Waals surface area (Å²) < 4.78 is 0. The van der Waals surface area contributed by atoms with Crippen LogP contribution in [0.4, 0.5) is 0 Å². The normalized spacial score (nSPS) is 12.6. The third kappa shape index (κ3) is 4.52. The largest absolute Gasteiger partial charge is 0.380 e. The van der Waals surface area contributed by atoms with E-state index in [1.165, 1.54) is 0 Å². The molecule has 0 bridgehead atoms. The van der Waals surface area contributed by atoms with Gasteiger partial charge in [-0.15, -0.1) is 0 Å². The molecule has 0 spiro atoms. The van der Waals surface area contributed by atoms with Crippen LogP contribution < -0.4 is 0 Å². The first-order valence-electron chi connectivity index (χ1n) is 10.2. The minimum Gasteiger partial charge on any atom is -0.380 e. The molecule has 31 heavy (non-hydrogen) atoms. The number of aliphatic hydroxyl groups is 1. The zero-order valence-corrected chi connectivity index (χ0v) is 16.9. The van der Waals surface area contributed by atoms with Gasteiger partial charge in [0.25, 0.3) is 0 Å². The molecule has 4 aromatic carbocycles. The second-order valence-electron chi connectivity index (χ2n) is 7.36. The van der Waals surface area contributed by atoms with Gasteiger partial charge in [-0.2, -0.15) is 0 Å². The minimum atomic E-state index is -1.08. The highest BCUT2D eigenvalue weighted by Gasteiger charge is 2.21. The van der Waals surface area contributed by atoms with Crippen LogP contribution in [0.3, 0.4) is 0 Å². The molecular formula is C28H22O3. The molecule has 152 valence electrons. The molecule has 0 heterocycles. The SMILES string of the molecule is O=C(c1ccccc1)C(O)c1ccccc1.O=C1c2ccccc2Cc2ccccc21. The van der Waals surface area contributed by atoms with Crippen molar-refractivity contribution in [2.24, 2.45) is 0 Å². The van der Waals surface area contributed by atoms with Crippen LogP contribution >= 0.6 is 0 Å². The van der Waals surface area contributed by atoms with Crippen molar-refractivity contribution >= 4 is 11.6 Å². The molecule has 1 atom stereocenters. The third-order valence-electron chi connectivity index (χ3n) is 5.33. The van der Waals surface area contributed by atoms with E-state index < -0.39 is 6.10 Å². The van der Waals surface area contributed by atoms with Gasteiger partial charge in [0.2, 0.25) is 0 Å². The van der Waals surface area contributed by atoms with E-state index in [-0.39, 0.29) is 11.6 Å². The molecule has 3 heteroatoms. The lowest BCUT2D eigenvalue weighted by atomic mass is 9.85. The highest BCUT2D eigenvalue weighted by molar-refractivity contribution is 6.12. The molecule has 1 unspecified atom stereocenters. The van der Waals surface area contributed by atoms with Crippen molar-refractivity contribution in [2.75, 3.05) is 0 Å². The molecule has 0 amide bonds. The molecule has 0 saturated heterocycles. The van der Waals surface area contributed by atoms with E-state index in [1.54, 1.807) is 48.5 Å². The predicted octanol–water partition coefficient (Wildman–Crippen LogP) is 5.42. The van der Waals surface area contributed by atoms with Gasteiger partial charge in [0.15, 0.2) is 11.6 Å². The van der Waals surface area contributed by atoms with E-state index in [2.05, 4.69) is 0 Å². The minimum absolute atomic E-state index is 0.160. The first-order chi connectivity index (χ1) is 15.1. The zero-order valence-electron chi connectivity index (χ0n) is 16.9. The van der Waals surface area contributed by atoms with E-state index in [1.807, 2.05) is 60.7 Å². The summed E-state index contributed by atoms with van der Waals surface area (Å²) in [6, 6.07) is 33.4. The van der Waals surface area contributed by atoms with Gasteiger partial charge in [-0.05, 0) is 23.1 Å². The molecule has 0 saturated carbocycles. The highest BCUT2D eigenvalue weighted by Crippen LogP contribution is 2.26. The van der Waals surface area contributed by atoms with Crippen molar-refractivity contribution in [3.8, 4) is 0 Å². The predicted molar refractivity (Wildman–Crippen MR) is 121 cm³/mol. The summed E-state index contributed by atoms with van der Waals surface area (Å²) in [6.07, 6.45) is -0.207. The monoisotopic (exact) mass is 406 g/mol. The van der Waals surface area contributed by atoms with Gasteiger partial charge in [-0.25, -0.2) is 0 Å². The fourth-order valence-corrected chi connectivity index (χ4v) is 3.69. The van der Waals surface area contributed by atoms with Crippen LogP contribution in [-0.4, -0.2) is 16.7 Å². The first kappa shape index (κ1) is 20.5. The molecule has 0 aliphatic heterocycles. The summed E-state index contributed by atoms with van der Waals surface area (Å²) >= 11 is 0. The Hall–Kier alpha value is -3.82. The second-order valence-corrected chi connectivity index (χ2v) is 7.36. The Kier molecular flexibility index (Phi) is 6.16. The van der Waals surface area contributed by atoms with Crippen molar-refractivity contribution in [1.82, 2.24) is 0 Å². The number of fused-ring (bicyclic) bond motifs is 2. The van der Waals surface area contributed by atoms with Gasteiger partial charge in [0, 0.05) is 16.7 Å². The van der Waals surface area contributed by atoms with Crippen LogP contribution in [0.25, 0.3) is 0 Å². The van der Waals surface area contributed by atoms with Gasteiger partial charge < -0.3 is 5.11 Å². The van der Waals surface area contributed by atoms with Gasteiger partial charge >= 0.3 is 0 Å². The topological polar surface area (TPSA) is 54.4 Å². The van der Waals surface area contributed by atoms with E-state index in [0.29, 0.717) is 11.1 Å². The van der Waals surface area contributed by atoms with Crippen molar-refractivity contribution in [3.63, 3.8) is 0 Å². The van der Waals surface area contributed by atoms with Gasteiger partial charge in [-0.1, -0.05) is 109 Å². The molecule has 1 aliphatic carbocycles. The van der Waals surface area contributed by atoms with Crippen LogP contribution in [0, 0.1) is 0 Å². The standard InChI is InChI=1S/C14H12O2.C14H10O/c15-13(11-7-3-1-4-8-11)14(16)12-9-5-2-6-10-12;15-14-12-7-3-1-5-10(12)9-11-6-2-4-8-13(11)14/h1-10,13,15H;1-8H,9H2. The van der Waals surface area contributed by atoms with Crippen molar-refractivity contribution < 1.29 is 14.7 Å². The van der Waals surface area contributed by atoms with Gasteiger partial charge in [-0.3, -0.25) is 9.59 Å². The quantitative estimate of drug-likeness (QED) is 0.407. The number of aliphatic hydroxyl groups excluding tert-OH is 1. The molecule has 1 aliphatic rings. The number of hydrogen-bond acceptors (Lipinski definition) is 3. The van der Waals surface area contributed by atoms with Crippen molar-refractivity contribution in [1.29, 1.82) is 0 Å². The average Bonchev–Trinajstić information content (AvgIpc) is 2.85.